The van der Waals surface area contributed by atoms with Crippen LogP contribution in [-0.4, -0.2) is 57.9 Å². The number of hydrogen-bond donors (Lipinski definition) is 1. The Hall–Kier alpha value is -1.41. The van der Waals surface area contributed by atoms with Gasteiger partial charge in [-0.05, 0) is 52.6 Å². The molecule has 2 N–H and O–H groups in total. The predicted molar refractivity (Wildman–Crippen MR) is 116 cm³/mol. The number of fused-ring (bicyclic) bond motifs is 1. The summed E-state index contributed by atoms with van der Waals surface area (Å²) in [7, 11) is 0. The van der Waals surface area contributed by atoms with E-state index in [0.717, 1.165) is 49.1 Å². The van der Waals surface area contributed by atoms with E-state index in [9.17, 15) is 4.79 Å². The third kappa shape index (κ3) is 5.35. The molecule has 3 rings (SSSR count). The number of ether oxygens (including phenoxy) is 1. The van der Waals surface area contributed by atoms with E-state index in [2.05, 4.69) is 23.9 Å². The van der Waals surface area contributed by atoms with Gasteiger partial charge in [-0.25, -0.2) is 9.67 Å². The highest BCUT2D eigenvalue weighted by molar-refractivity contribution is 5.98. The number of aromatic nitrogens is 3. The quantitative estimate of drug-likeness (QED) is 0.709. The van der Waals surface area contributed by atoms with Crippen LogP contribution in [0.4, 0.5) is 0 Å². The molecule has 0 bridgehead atoms. The van der Waals surface area contributed by atoms with Crippen LogP contribution in [0.25, 0.3) is 11.0 Å². The Balaban J connectivity index is 0.00000196. The van der Waals surface area contributed by atoms with Gasteiger partial charge in [0, 0.05) is 31.1 Å². The molecule has 0 saturated carbocycles. The Morgan fingerprint density at radius 2 is 2.00 bits per heavy atom. The zero-order valence-electron chi connectivity index (χ0n) is 16.8. The van der Waals surface area contributed by atoms with Gasteiger partial charge in [0.25, 0.3) is 5.91 Å². The molecule has 9 heteroatoms. The molecule has 1 saturated heterocycles. The molecule has 1 fully saturated rings. The smallest absolute Gasteiger partial charge is 0.255 e. The van der Waals surface area contributed by atoms with Crippen molar-refractivity contribution in [2.24, 2.45) is 5.73 Å². The minimum Gasteiger partial charge on any atom is -0.378 e. The van der Waals surface area contributed by atoms with Gasteiger partial charge in [0.05, 0.1) is 23.6 Å². The van der Waals surface area contributed by atoms with Crippen LogP contribution in [-0.2, 0) is 4.74 Å². The molecule has 0 atom stereocenters. The molecule has 1 amide bonds. The maximum absolute atomic E-state index is 13.0. The monoisotopic (exact) mass is 431 g/mol. The molecule has 28 heavy (non-hydrogen) atoms. The Morgan fingerprint density at radius 3 is 2.61 bits per heavy atom. The second-order valence-electron chi connectivity index (χ2n) is 7.22. The first-order chi connectivity index (χ1) is 12.5. The predicted octanol–water partition coefficient (Wildman–Crippen LogP) is 3.13. The van der Waals surface area contributed by atoms with Crippen LogP contribution in [0, 0.1) is 6.92 Å². The molecule has 1 aliphatic heterocycles. The number of aryl methyl sites for hydroxylation is 1. The zero-order chi connectivity index (χ0) is 18.7. The Kier molecular flexibility index (Phi) is 9.63. The van der Waals surface area contributed by atoms with Crippen molar-refractivity contribution in [3.05, 3.63) is 23.5 Å². The lowest BCUT2D eigenvalue weighted by Crippen LogP contribution is -2.41. The van der Waals surface area contributed by atoms with Crippen molar-refractivity contribution in [3.63, 3.8) is 0 Å². The molecule has 0 unspecified atom stereocenters. The molecule has 0 aliphatic carbocycles. The van der Waals surface area contributed by atoms with Crippen molar-refractivity contribution in [2.45, 2.75) is 52.2 Å². The topological polar surface area (TPSA) is 86.3 Å². The number of nitrogens with two attached hydrogens (primary N) is 1. The van der Waals surface area contributed by atoms with Crippen LogP contribution in [0.15, 0.2) is 12.3 Å². The number of piperidine rings is 1. The maximum atomic E-state index is 13.0. The number of rotatable bonds is 6. The van der Waals surface area contributed by atoms with E-state index in [1.807, 2.05) is 22.6 Å². The number of carbonyl (C=O) groups is 1. The summed E-state index contributed by atoms with van der Waals surface area (Å²) in [5, 5.41) is 5.31. The molecular formula is C19H31Cl2N5O2. The lowest BCUT2D eigenvalue weighted by molar-refractivity contribution is 0.00842. The van der Waals surface area contributed by atoms with E-state index in [0.29, 0.717) is 18.7 Å². The van der Waals surface area contributed by atoms with Crippen molar-refractivity contribution in [3.8, 4) is 0 Å². The van der Waals surface area contributed by atoms with Gasteiger partial charge in [-0.1, -0.05) is 0 Å². The number of hydrogen-bond acceptors (Lipinski definition) is 5. The van der Waals surface area contributed by atoms with E-state index in [4.69, 9.17) is 10.5 Å². The Labute approximate surface area is 178 Å². The van der Waals surface area contributed by atoms with Crippen molar-refractivity contribution >= 4 is 41.8 Å². The molecule has 3 heterocycles. The summed E-state index contributed by atoms with van der Waals surface area (Å²) in [5.41, 5.74) is 7.76. The molecule has 2 aromatic heterocycles. The SMILES string of the molecule is Cc1nc2c(cnn2C(C)C)cc1C(=O)N1CCC(OCCCN)CC1.Cl.Cl. The molecule has 1 aliphatic rings. The Bertz CT molecular complexity index is 773. The lowest BCUT2D eigenvalue weighted by atomic mass is 10.1. The minimum atomic E-state index is 0. The molecule has 0 radical (unpaired) electrons. The summed E-state index contributed by atoms with van der Waals surface area (Å²) in [6.45, 7) is 8.83. The van der Waals surface area contributed by atoms with Crippen LogP contribution in [0.1, 0.15) is 55.2 Å². The van der Waals surface area contributed by atoms with E-state index < -0.39 is 0 Å². The summed E-state index contributed by atoms with van der Waals surface area (Å²) < 4.78 is 7.71. The third-order valence-corrected chi connectivity index (χ3v) is 4.91. The average molecular weight is 432 g/mol. The number of pyridine rings is 1. The van der Waals surface area contributed by atoms with Crippen molar-refractivity contribution < 1.29 is 9.53 Å². The first kappa shape index (κ1) is 24.6. The number of likely N-dealkylation sites (tertiary alicyclic amines) is 1. The second kappa shape index (κ2) is 11.0. The van der Waals surface area contributed by atoms with Crippen LogP contribution >= 0.6 is 24.8 Å². The maximum Gasteiger partial charge on any atom is 0.255 e. The van der Waals surface area contributed by atoms with Gasteiger partial charge < -0.3 is 15.4 Å². The minimum absolute atomic E-state index is 0. The highest BCUT2D eigenvalue weighted by atomic mass is 35.5. The van der Waals surface area contributed by atoms with Gasteiger partial charge in [0.1, 0.15) is 0 Å². The number of amides is 1. The standard InChI is InChI=1S/C19H29N5O2.2ClH/c1-13(2)24-18-15(12-21-24)11-17(14(3)22-18)19(25)23-8-5-16(6-9-23)26-10-4-7-20;;/h11-13,16H,4-10,20H2,1-3H3;2*1H. The fraction of sp³-hybridized carbons (Fsp3) is 0.632. The molecule has 0 spiro atoms. The molecule has 0 aromatic carbocycles. The summed E-state index contributed by atoms with van der Waals surface area (Å²) >= 11 is 0. The molecule has 7 nitrogen and oxygen atoms in total. The van der Waals surface area contributed by atoms with Crippen molar-refractivity contribution in [2.75, 3.05) is 26.2 Å². The van der Waals surface area contributed by atoms with Crippen LogP contribution in [0.5, 0.6) is 0 Å². The molecule has 2 aromatic rings. The van der Waals surface area contributed by atoms with Crippen LogP contribution in [0.3, 0.4) is 0 Å². The van der Waals surface area contributed by atoms with Crippen LogP contribution < -0.4 is 5.73 Å². The first-order valence-corrected chi connectivity index (χ1v) is 9.47. The summed E-state index contributed by atoms with van der Waals surface area (Å²) in [4.78, 5) is 19.5. The van der Waals surface area contributed by atoms with E-state index in [-0.39, 0.29) is 42.9 Å². The van der Waals surface area contributed by atoms with Crippen molar-refractivity contribution in [1.29, 1.82) is 0 Å². The van der Waals surface area contributed by atoms with Gasteiger partial charge in [-0.2, -0.15) is 5.10 Å². The van der Waals surface area contributed by atoms with Crippen LogP contribution in [0.2, 0.25) is 0 Å². The van der Waals surface area contributed by atoms with E-state index >= 15 is 0 Å². The summed E-state index contributed by atoms with van der Waals surface area (Å²) in [6.07, 6.45) is 4.65. The highest BCUT2D eigenvalue weighted by Gasteiger charge is 2.26. The van der Waals surface area contributed by atoms with Gasteiger partial charge in [0.15, 0.2) is 5.65 Å². The van der Waals surface area contributed by atoms with E-state index in [1.165, 1.54) is 0 Å². The third-order valence-electron chi connectivity index (χ3n) is 4.91. The van der Waals surface area contributed by atoms with Gasteiger partial charge in [-0.15, -0.1) is 24.8 Å². The zero-order valence-corrected chi connectivity index (χ0v) is 18.4. The normalized spacial score (nSPS) is 14.8. The number of nitrogens with zero attached hydrogens (tertiary/aromatic N) is 4. The van der Waals surface area contributed by atoms with Gasteiger partial charge in [0.2, 0.25) is 0 Å². The number of carbonyl (C=O) groups excluding carboxylic acids is 1. The second-order valence-corrected chi connectivity index (χ2v) is 7.22. The largest absolute Gasteiger partial charge is 0.378 e. The fourth-order valence-corrected chi connectivity index (χ4v) is 3.39. The highest BCUT2D eigenvalue weighted by Crippen LogP contribution is 2.22. The number of halogens is 2. The first-order valence-electron chi connectivity index (χ1n) is 9.47. The average Bonchev–Trinajstić information content (AvgIpc) is 3.04. The lowest BCUT2D eigenvalue weighted by Gasteiger charge is -2.32. The fourth-order valence-electron chi connectivity index (χ4n) is 3.39. The summed E-state index contributed by atoms with van der Waals surface area (Å²) in [6, 6.07) is 2.16. The van der Waals surface area contributed by atoms with E-state index in [1.54, 1.807) is 6.20 Å². The molecular weight excluding hydrogens is 401 g/mol. The Morgan fingerprint density at radius 1 is 1.32 bits per heavy atom. The van der Waals surface area contributed by atoms with Gasteiger partial charge in [-0.3, -0.25) is 4.79 Å². The summed E-state index contributed by atoms with van der Waals surface area (Å²) in [5.74, 6) is 0.0506. The molecule has 158 valence electrons. The van der Waals surface area contributed by atoms with Gasteiger partial charge >= 0.3 is 0 Å². The van der Waals surface area contributed by atoms with Crippen molar-refractivity contribution in [1.82, 2.24) is 19.7 Å².